The van der Waals surface area contributed by atoms with Crippen LogP contribution in [0.25, 0.3) is 0 Å². The first-order valence-corrected chi connectivity index (χ1v) is 8.53. The van der Waals surface area contributed by atoms with Gasteiger partial charge in [0.1, 0.15) is 0 Å². The third-order valence-corrected chi connectivity index (χ3v) is 5.46. The van der Waals surface area contributed by atoms with Gasteiger partial charge >= 0.3 is 0 Å². The van der Waals surface area contributed by atoms with Crippen LogP contribution in [-0.4, -0.2) is 63.5 Å². The molecule has 0 saturated carbocycles. The average molecular weight is 313 g/mol. The normalized spacial score (nSPS) is 17.2. The zero-order chi connectivity index (χ0) is 15.1. The van der Waals surface area contributed by atoms with Crippen LogP contribution < -0.4 is 5.32 Å². The number of rotatable bonds is 7. The molecule has 0 unspecified atom stereocenters. The summed E-state index contributed by atoms with van der Waals surface area (Å²) in [7, 11) is -1.87. The van der Waals surface area contributed by atoms with Gasteiger partial charge in [-0.1, -0.05) is 30.3 Å². The molecule has 0 amide bonds. The van der Waals surface area contributed by atoms with Crippen LogP contribution in [0.1, 0.15) is 5.56 Å². The molecule has 2 rings (SSSR count). The third-order valence-electron chi connectivity index (χ3n) is 3.48. The van der Waals surface area contributed by atoms with Gasteiger partial charge in [-0.2, -0.15) is 17.0 Å². The highest BCUT2D eigenvalue weighted by molar-refractivity contribution is 7.86. The molecule has 6 nitrogen and oxygen atoms in total. The molecule has 1 aliphatic rings. The molecule has 1 aromatic rings. The highest BCUT2D eigenvalue weighted by atomic mass is 32.2. The smallest absolute Gasteiger partial charge is 0.282 e. The Morgan fingerprint density at radius 3 is 2.52 bits per heavy atom. The van der Waals surface area contributed by atoms with E-state index in [1.54, 1.807) is 11.4 Å². The zero-order valence-electron chi connectivity index (χ0n) is 12.4. The first kappa shape index (κ1) is 16.4. The summed E-state index contributed by atoms with van der Waals surface area (Å²) < 4.78 is 33.6. The maximum absolute atomic E-state index is 12.8. The number of ether oxygens (including phenoxy) is 1. The lowest BCUT2D eigenvalue weighted by Gasteiger charge is -2.32. The quantitative estimate of drug-likeness (QED) is 0.786. The molecular formula is C14H23N3O3S. The first-order valence-electron chi connectivity index (χ1n) is 7.13. The van der Waals surface area contributed by atoms with E-state index in [2.05, 4.69) is 5.32 Å². The van der Waals surface area contributed by atoms with Crippen molar-refractivity contribution >= 4 is 10.2 Å². The zero-order valence-corrected chi connectivity index (χ0v) is 13.2. The molecule has 1 aliphatic heterocycles. The molecule has 1 fully saturated rings. The van der Waals surface area contributed by atoms with Crippen LogP contribution in [0.3, 0.4) is 0 Å². The summed E-state index contributed by atoms with van der Waals surface area (Å²) in [6.07, 6.45) is 0. The van der Waals surface area contributed by atoms with Gasteiger partial charge in [0.05, 0.1) is 6.61 Å². The van der Waals surface area contributed by atoms with Gasteiger partial charge in [-0.25, -0.2) is 0 Å². The molecule has 0 aromatic heterocycles. The van der Waals surface area contributed by atoms with Crippen LogP contribution in [0.2, 0.25) is 0 Å². The van der Waals surface area contributed by atoms with Gasteiger partial charge in [-0.3, -0.25) is 0 Å². The number of nitrogens with zero attached hydrogens (tertiary/aromatic N) is 2. The van der Waals surface area contributed by atoms with E-state index < -0.39 is 10.2 Å². The molecule has 118 valence electrons. The van der Waals surface area contributed by atoms with E-state index in [0.717, 1.165) is 5.56 Å². The molecule has 1 aromatic carbocycles. The molecule has 0 atom stereocenters. The maximum Gasteiger partial charge on any atom is 0.282 e. The van der Waals surface area contributed by atoms with Crippen LogP contribution in [0.15, 0.2) is 30.3 Å². The number of benzene rings is 1. The minimum absolute atomic E-state index is 0.359. The van der Waals surface area contributed by atoms with Crippen LogP contribution in [-0.2, 0) is 21.5 Å². The van der Waals surface area contributed by atoms with E-state index in [9.17, 15) is 8.42 Å². The maximum atomic E-state index is 12.8. The predicted molar refractivity (Wildman–Crippen MR) is 82.1 cm³/mol. The highest BCUT2D eigenvalue weighted by Gasteiger charge is 2.30. The van der Waals surface area contributed by atoms with Crippen molar-refractivity contribution in [3.63, 3.8) is 0 Å². The molecule has 0 radical (unpaired) electrons. The third kappa shape index (κ3) is 4.49. The van der Waals surface area contributed by atoms with Gasteiger partial charge in [-0.15, -0.1) is 0 Å². The van der Waals surface area contributed by atoms with E-state index in [1.165, 1.54) is 4.31 Å². The summed E-state index contributed by atoms with van der Waals surface area (Å²) in [5, 5.41) is 3.17. The minimum atomic E-state index is -3.45. The Hall–Kier alpha value is -0.990. The van der Waals surface area contributed by atoms with Gasteiger partial charge in [0.25, 0.3) is 10.2 Å². The first-order chi connectivity index (χ1) is 10.1. The van der Waals surface area contributed by atoms with Gasteiger partial charge in [0, 0.05) is 46.4 Å². The van der Waals surface area contributed by atoms with E-state index in [0.29, 0.717) is 45.9 Å². The number of piperazine rings is 1. The standard InChI is InChI=1S/C14H23N3O3S/c1-20-12-11-17(13-14-5-3-2-4-6-14)21(18,19)16-9-7-15-8-10-16/h2-6,15H,7-13H2,1H3. The molecule has 7 heteroatoms. The molecule has 21 heavy (non-hydrogen) atoms. The van der Waals surface area contributed by atoms with Crippen molar-refractivity contribution in [1.82, 2.24) is 13.9 Å². The topological polar surface area (TPSA) is 61.9 Å². The van der Waals surface area contributed by atoms with E-state index >= 15 is 0 Å². The molecule has 1 N–H and O–H groups in total. The van der Waals surface area contributed by atoms with Crippen molar-refractivity contribution in [3.05, 3.63) is 35.9 Å². The highest BCUT2D eigenvalue weighted by Crippen LogP contribution is 2.14. The number of nitrogens with one attached hydrogen (secondary N) is 1. The molecule has 1 saturated heterocycles. The Morgan fingerprint density at radius 1 is 1.24 bits per heavy atom. The fraction of sp³-hybridized carbons (Fsp3) is 0.571. The van der Waals surface area contributed by atoms with Crippen LogP contribution in [0.5, 0.6) is 0 Å². The lowest BCUT2D eigenvalue weighted by molar-refractivity contribution is 0.173. The Balaban J connectivity index is 2.13. The van der Waals surface area contributed by atoms with Crippen molar-refractivity contribution < 1.29 is 13.2 Å². The molecule has 0 aliphatic carbocycles. The van der Waals surface area contributed by atoms with Gasteiger partial charge < -0.3 is 10.1 Å². The summed E-state index contributed by atoms with van der Waals surface area (Å²) >= 11 is 0. The molecular weight excluding hydrogens is 290 g/mol. The fourth-order valence-corrected chi connectivity index (χ4v) is 3.88. The van der Waals surface area contributed by atoms with E-state index in [1.807, 2.05) is 30.3 Å². The second-order valence-corrected chi connectivity index (χ2v) is 6.90. The Morgan fingerprint density at radius 2 is 1.90 bits per heavy atom. The second kappa shape index (κ2) is 7.86. The van der Waals surface area contributed by atoms with E-state index in [-0.39, 0.29) is 0 Å². The van der Waals surface area contributed by atoms with Crippen molar-refractivity contribution in [1.29, 1.82) is 0 Å². The Labute approximate surface area is 126 Å². The number of hydrogen-bond donors (Lipinski definition) is 1. The average Bonchev–Trinajstić information content (AvgIpc) is 2.53. The Kier molecular flexibility index (Phi) is 6.13. The van der Waals surface area contributed by atoms with Crippen molar-refractivity contribution in [2.45, 2.75) is 6.54 Å². The van der Waals surface area contributed by atoms with Crippen LogP contribution >= 0.6 is 0 Å². The largest absolute Gasteiger partial charge is 0.383 e. The van der Waals surface area contributed by atoms with Crippen molar-refractivity contribution in [2.24, 2.45) is 0 Å². The molecule has 0 bridgehead atoms. The van der Waals surface area contributed by atoms with Gasteiger partial charge in [-0.05, 0) is 5.56 Å². The molecule has 0 spiro atoms. The summed E-state index contributed by atoms with van der Waals surface area (Å²) in [5.74, 6) is 0. The monoisotopic (exact) mass is 313 g/mol. The van der Waals surface area contributed by atoms with Crippen molar-refractivity contribution in [3.8, 4) is 0 Å². The van der Waals surface area contributed by atoms with E-state index in [4.69, 9.17) is 4.74 Å². The number of hydrogen-bond acceptors (Lipinski definition) is 4. The number of methoxy groups -OCH3 is 1. The minimum Gasteiger partial charge on any atom is -0.383 e. The lowest BCUT2D eigenvalue weighted by Crippen LogP contribution is -2.52. The summed E-state index contributed by atoms with van der Waals surface area (Å²) in [6, 6.07) is 9.64. The second-order valence-electron chi connectivity index (χ2n) is 4.97. The summed E-state index contributed by atoms with van der Waals surface area (Å²) in [5.41, 5.74) is 0.979. The summed E-state index contributed by atoms with van der Waals surface area (Å²) in [6.45, 7) is 3.54. The lowest BCUT2D eigenvalue weighted by atomic mass is 10.2. The fourth-order valence-electron chi connectivity index (χ4n) is 2.29. The summed E-state index contributed by atoms with van der Waals surface area (Å²) in [4.78, 5) is 0. The SMILES string of the molecule is COCCN(Cc1ccccc1)S(=O)(=O)N1CCNCC1. The van der Waals surface area contributed by atoms with Gasteiger partial charge in [0.2, 0.25) is 0 Å². The Bertz CT molecular complexity index is 516. The van der Waals surface area contributed by atoms with Gasteiger partial charge in [0.15, 0.2) is 0 Å². The predicted octanol–water partition coefficient (Wildman–Crippen LogP) is 0.285. The molecule has 1 heterocycles. The van der Waals surface area contributed by atoms with Crippen LogP contribution in [0.4, 0.5) is 0 Å². The van der Waals surface area contributed by atoms with Crippen LogP contribution in [0, 0.1) is 0 Å². The van der Waals surface area contributed by atoms with Crippen molar-refractivity contribution in [2.75, 3.05) is 46.4 Å².